The molecule has 6 heteroatoms. The van der Waals surface area contributed by atoms with Gasteiger partial charge in [-0.1, -0.05) is 72.8 Å². The lowest BCUT2D eigenvalue weighted by Crippen LogP contribution is -2.37. The van der Waals surface area contributed by atoms with Crippen molar-refractivity contribution in [2.24, 2.45) is 5.92 Å². The number of nitriles is 1. The second-order valence-corrected chi connectivity index (χ2v) is 9.31. The number of para-hydroxylation sites is 2. The highest BCUT2D eigenvalue weighted by Gasteiger charge is 2.30. The third kappa shape index (κ3) is 5.36. The van der Waals surface area contributed by atoms with Crippen LogP contribution in [0.3, 0.4) is 0 Å². The highest BCUT2D eigenvalue weighted by molar-refractivity contribution is 5.88. The molecule has 5 rings (SSSR count). The van der Waals surface area contributed by atoms with Crippen LogP contribution in [0.5, 0.6) is 0 Å². The maximum atomic E-state index is 13.2. The van der Waals surface area contributed by atoms with E-state index in [1.165, 1.54) is 5.56 Å². The summed E-state index contributed by atoms with van der Waals surface area (Å²) in [5, 5.41) is 13.0. The number of carbonyl (C=O) groups excluding carboxylic acids is 1. The molecular formula is C30H29N5O. The number of nitrogens with one attached hydrogen (secondary N) is 1. The van der Waals surface area contributed by atoms with Gasteiger partial charge in [0.2, 0.25) is 5.91 Å². The number of piperidine rings is 1. The Balaban J connectivity index is 1.37. The molecule has 1 atom stereocenters. The van der Waals surface area contributed by atoms with Crippen molar-refractivity contribution in [1.29, 1.82) is 5.26 Å². The molecule has 1 aliphatic heterocycles. The molecule has 1 fully saturated rings. The summed E-state index contributed by atoms with van der Waals surface area (Å²) in [7, 11) is 0. The zero-order valence-corrected chi connectivity index (χ0v) is 20.2. The van der Waals surface area contributed by atoms with Crippen LogP contribution in [-0.4, -0.2) is 29.0 Å². The number of amides is 1. The number of benzene rings is 3. The first kappa shape index (κ1) is 23.5. The number of rotatable bonds is 7. The van der Waals surface area contributed by atoms with Gasteiger partial charge >= 0.3 is 0 Å². The van der Waals surface area contributed by atoms with Crippen molar-refractivity contribution in [3.63, 3.8) is 0 Å². The molecule has 0 aliphatic carbocycles. The largest absolute Gasteiger partial charge is 0.355 e. The Bertz CT molecular complexity index is 1360. The molecule has 36 heavy (non-hydrogen) atoms. The van der Waals surface area contributed by atoms with Crippen LogP contribution >= 0.6 is 0 Å². The Hall–Kier alpha value is -4.24. The molecule has 1 amide bonds. The predicted octanol–water partition coefficient (Wildman–Crippen LogP) is 5.01. The molecule has 1 aliphatic rings. The van der Waals surface area contributed by atoms with Crippen molar-refractivity contribution in [3.8, 4) is 6.07 Å². The summed E-state index contributed by atoms with van der Waals surface area (Å²) in [5.74, 6) is -0.149. The fourth-order valence-electron chi connectivity index (χ4n) is 4.86. The molecule has 0 unspecified atom stereocenters. The van der Waals surface area contributed by atoms with E-state index < -0.39 is 5.92 Å². The van der Waals surface area contributed by atoms with Crippen LogP contribution in [0.15, 0.2) is 84.9 Å². The van der Waals surface area contributed by atoms with E-state index in [1.54, 1.807) is 0 Å². The fourth-order valence-corrected chi connectivity index (χ4v) is 4.86. The number of carbonyl (C=O) groups is 1. The fraction of sp³-hybridized carbons (Fsp3) is 0.267. The van der Waals surface area contributed by atoms with Crippen LogP contribution in [-0.2, 0) is 17.8 Å². The van der Waals surface area contributed by atoms with Crippen LogP contribution in [0.2, 0.25) is 0 Å². The Morgan fingerprint density at radius 1 is 0.889 bits per heavy atom. The smallest absolute Gasteiger partial charge is 0.243 e. The first-order valence-electron chi connectivity index (χ1n) is 12.5. The molecule has 1 saturated heterocycles. The molecule has 0 radical (unpaired) electrons. The molecule has 0 bridgehead atoms. The minimum absolute atomic E-state index is 0.355. The van der Waals surface area contributed by atoms with E-state index in [4.69, 9.17) is 9.97 Å². The van der Waals surface area contributed by atoms with Crippen LogP contribution in [0.1, 0.15) is 35.6 Å². The van der Waals surface area contributed by atoms with Gasteiger partial charge in [-0.2, -0.15) is 5.26 Å². The SMILES string of the molecule is N#C[C@@H](C(=O)NCc1ccccc1)c1nc2ccccc2nc1N1CCC(Cc2ccccc2)CC1. The van der Waals surface area contributed by atoms with Gasteiger partial charge in [-0.15, -0.1) is 0 Å². The van der Waals surface area contributed by atoms with Gasteiger partial charge in [-0.3, -0.25) is 4.79 Å². The number of aromatic nitrogens is 2. The summed E-state index contributed by atoms with van der Waals surface area (Å²) in [6, 6.07) is 30.1. The topological polar surface area (TPSA) is 81.9 Å². The van der Waals surface area contributed by atoms with Crippen LogP contribution in [0, 0.1) is 17.2 Å². The van der Waals surface area contributed by atoms with E-state index in [9.17, 15) is 10.1 Å². The second kappa shape index (κ2) is 11.0. The average molecular weight is 476 g/mol. The molecule has 6 nitrogen and oxygen atoms in total. The summed E-state index contributed by atoms with van der Waals surface area (Å²) >= 11 is 0. The van der Waals surface area contributed by atoms with Crippen molar-refractivity contribution in [2.45, 2.75) is 31.7 Å². The van der Waals surface area contributed by atoms with Gasteiger partial charge in [0.1, 0.15) is 5.69 Å². The molecule has 4 aromatic rings. The van der Waals surface area contributed by atoms with Gasteiger partial charge in [-0.05, 0) is 48.4 Å². The highest BCUT2D eigenvalue weighted by atomic mass is 16.1. The zero-order valence-electron chi connectivity index (χ0n) is 20.2. The summed E-state index contributed by atoms with van der Waals surface area (Å²) in [6.07, 6.45) is 3.12. The highest BCUT2D eigenvalue weighted by Crippen LogP contribution is 2.31. The Morgan fingerprint density at radius 3 is 2.11 bits per heavy atom. The lowest BCUT2D eigenvalue weighted by Gasteiger charge is -2.34. The van der Waals surface area contributed by atoms with E-state index in [0.29, 0.717) is 29.5 Å². The minimum atomic E-state index is -1.04. The van der Waals surface area contributed by atoms with E-state index >= 15 is 0 Å². The molecule has 180 valence electrons. The van der Waals surface area contributed by atoms with E-state index in [-0.39, 0.29) is 5.91 Å². The molecule has 3 aromatic carbocycles. The Labute approximate surface area is 211 Å². The number of hydrogen-bond acceptors (Lipinski definition) is 5. The van der Waals surface area contributed by atoms with Gasteiger partial charge in [0.15, 0.2) is 11.7 Å². The summed E-state index contributed by atoms with van der Waals surface area (Å²) in [5.41, 5.74) is 4.23. The van der Waals surface area contributed by atoms with Crippen molar-refractivity contribution in [2.75, 3.05) is 18.0 Å². The number of nitrogens with zero attached hydrogens (tertiary/aromatic N) is 4. The van der Waals surface area contributed by atoms with Crippen molar-refractivity contribution < 1.29 is 4.79 Å². The van der Waals surface area contributed by atoms with Crippen molar-refractivity contribution in [3.05, 3.63) is 102 Å². The normalized spacial score (nSPS) is 14.8. The van der Waals surface area contributed by atoms with Crippen LogP contribution < -0.4 is 10.2 Å². The van der Waals surface area contributed by atoms with Crippen LogP contribution in [0.25, 0.3) is 11.0 Å². The molecule has 0 saturated carbocycles. The first-order valence-corrected chi connectivity index (χ1v) is 12.5. The van der Waals surface area contributed by atoms with Crippen molar-refractivity contribution in [1.82, 2.24) is 15.3 Å². The van der Waals surface area contributed by atoms with Gasteiger partial charge in [-0.25, -0.2) is 9.97 Å². The van der Waals surface area contributed by atoms with E-state index in [1.807, 2.05) is 60.7 Å². The lowest BCUT2D eigenvalue weighted by atomic mass is 9.90. The molecule has 0 spiro atoms. The third-order valence-electron chi connectivity index (χ3n) is 6.83. The van der Waals surface area contributed by atoms with Gasteiger partial charge in [0, 0.05) is 19.6 Å². The summed E-state index contributed by atoms with van der Waals surface area (Å²) < 4.78 is 0. The predicted molar refractivity (Wildman–Crippen MR) is 141 cm³/mol. The zero-order chi connectivity index (χ0) is 24.7. The van der Waals surface area contributed by atoms with Gasteiger partial charge < -0.3 is 10.2 Å². The standard InChI is InChI=1S/C30H29N5O/c31-20-25(30(36)32-21-24-11-5-2-6-12-24)28-29(34-27-14-8-7-13-26(27)33-28)35-17-15-23(16-18-35)19-22-9-3-1-4-10-22/h1-14,23,25H,15-19,21H2,(H,32,36)/t25-/m1/s1. The lowest BCUT2D eigenvalue weighted by molar-refractivity contribution is -0.121. The molecule has 1 N–H and O–H groups in total. The maximum Gasteiger partial charge on any atom is 0.243 e. The Morgan fingerprint density at radius 2 is 1.47 bits per heavy atom. The first-order chi connectivity index (χ1) is 17.7. The molecular weight excluding hydrogens is 446 g/mol. The minimum Gasteiger partial charge on any atom is -0.355 e. The van der Waals surface area contributed by atoms with E-state index in [0.717, 1.165) is 43.4 Å². The molecule has 1 aromatic heterocycles. The van der Waals surface area contributed by atoms with Crippen LogP contribution in [0.4, 0.5) is 5.82 Å². The second-order valence-electron chi connectivity index (χ2n) is 9.31. The molecule has 2 heterocycles. The van der Waals surface area contributed by atoms with E-state index in [2.05, 4.69) is 40.6 Å². The number of anilines is 1. The summed E-state index contributed by atoms with van der Waals surface area (Å²) in [6.45, 7) is 2.00. The number of fused-ring (bicyclic) bond motifs is 1. The number of hydrogen-bond donors (Lipinski definition) is 1. The Kier molecular flexibility index (Phi) is 7.18. The monoisotopic (exact) mass is 475 g/mol. The summed E-state index contributed by atoms with van der Waals surface area (Å²) in [4.78, 5) is 25.1. The average Bonchev–Trinajstić information content (AvgIpc) is 2.93. The van der Waals surface area contributed by atoms with Gasteiger partial charge in [0.05, 0.1) is 17.1 Å². The maximum absolute atomic E-state index is 13.2. The van der Waals surface area contributed by atoms with Crippen molar-refractivity contribution >= 4 is 22.8 Å². The van der Waals surface area contributed by atoms with Gasteiger partial charge in [0.25, 0.3) is 0 Å². The quantitative estimate of drug-likeness (QED) is 0.406. The third-order valence-corrected chi connectivity index (χ3v) is 6.83.